The van der Waals surface area contributed by atoms with Crippen LogP contribution in [0.3, 0.4) is 0 Å². The molecule has 0 saturated heterocycles. The predicted octanol–water partition coefficient (Wildman–Crippen LogP) is 12.0. The van der Waals surface area contributed by atoms with Gasteiger partial charge in [0.05, 0.1) is 17.8 Å². The molecule has 0 bridgehead atoms. The number of hydrogen-bond acceptors (Lipinski definition) is 1. The molecule has 1 aromatic heterocycles. The first kappa shape index (κ1) is 14.5. The molecule has 1 heteroatoms. The zero-order chi connectivity index (χ0) is 39.6. The van der Waals surface area contributed by atoms with E-state index in [4.69, 9.17) is 16.8 Å². The van der Waals surface area contributed by atoms with Crippen LogP contribution in [0.2, 0.25) is 0 Å². The van der Waals surface area contributed by atoms with E-state index in [1.807, 2.05) is 18.2 Å². The fourth-order valence-electron chi connectivity index (χ4n) is 6.26. The molecule has 43 heavy (non-hydrogen) atoms. The number of fused-ring (bicyclic) bond motifs is 6. The molecule has 0 amide bonds. The quantitative estimate of drug-likeness (QED) is 0.196. The lowest BCUT2D eigenvalue weighted by Gasteiger charge is -2.21. The summed E-state index contributed by atoms with van der Waals surface area (Å²) < 4.78 is 123. The summed E-state index contributed by atoms with van der Waals surface area (Å²) in [5, 5.41) is 2.14. The summed E-state index contributed by atoms with van der Waals surface area (Å²) in [6.07, 6.45) is 0. The first-order valence-electron chi connectivity index (χ1n) is 20.2. The van der Waals surface area contributed by atoms with E-state index in [2.05, 4.69) is 0 Å². The van der Waals surface area contributed by atoms with Gasteiger partial charge in [-0.25, -0.2) is 0 Å². The highest BCUT2D eigenvalue weighted by Gasteiger charge is 2.22. The number of hydrogen-bond donors (Lipinski definition) is 0. The molecule has 1 nitrogen and oxygen atoms in total. The second-order valence-electron chi connectivity index (χ2n) is 10.2. The number of rotatable bonds is 3. The molecule has 0 aliphatic rings. The molecule has 9 rings (SSSR count). The van der Waals surface area contributed by atoms with Gasteiger partial charge in [0.1, 0.15) is 11.2 Å². The van der Waals surface area contributed by atoms with Gasteiger partial charge in [0.15, 0.2) is 0 Å². The zero-order valence-corrected chi connectivity index (χ0v) is 22.4. The van der Waals surface area contributed by atoms with Crippen molar-refractivity contribution < 1.29 is 22.2 Å². The maximum Gasteiger partial charge on any atom is 0.136 e. The number of furan rings is 1. The largest absolute Gasteiger partial charge is 0.456 e. The fourth-order valence-corrected chi connectivity index (χ4v) is 6.26. The summed E-state index contributed by atoms with van der Waals surface area (Å²) in [5.74, 6) is 0. The van der Waals surface area contributed by atoms with Gasteiger partial charge in [0.2, 0.25) is 0 Å². The van der Waals surface area contributed by atoms with Gasteiger partial charge in [0.25, 0.3) is 0 Å². The minimum Gasteiger partial charge on any atom is -0.456 e. The molecule has 200 valence electrons. The molecular weight excluding hydrogens is 520 g/mol. The van der Waals surface area contributed by atoms with Crippen LogP contribution >= 0.6 is 0 Å². The molecule has 0 fully saturated rings. The van der Waals surface area contributed by atoms with Crippen molar-refractivity contribution in [3.05, 3.63) is 157 Å². The molecule has 8 aromatic carbocycles. The topological polar surface area (TPSA) is 13.1 Å². The van der Waals surface area contributed by atoms with E-state index in [1.54, 1.807) is 60.7 Å². The Kier molecular flexibility index (Phi) is 3.18. The van der Waals surface area contributed by atoms with Crippen molar-refractivity contribution >= 4 is 54.3 Å². The third kappa shape index (κ3) is 3.58. The molecule has 0 atom stereocenters. The molecule has 0 unspecified atom stereocenters. The fraction of sp³-hybridized carbons (Fsp3) is 0. The van der Waals surface area contributed by atoms with Crippen LogP contribution in [0.15, 0.2) is 162 Å². The summed E-state index contributed by atoms with van der Waals surface area (Å²) in [5.41, 5.74) is 1.65. The average molecular weight is 560 g/mol. The van der Waals surface area contributed by atoms with Crippen LogP contribution in [-0.2, 0) is 0 Å². The summed E-state index contributed by atoms with van der Waals surface area (Å²) >= 11 is 0. The standard InChI is InChI=1S/C42H26O/c1-2-13-27(14-3-1)30-26-25-28-15-4-5-16-29(28)41(30)42-33-19-8-6-17-31(33)39(32-18-7-9-20-34(32)42)36-22-12-24-38-40(36)35-21-10-11-23-37(35)43-38/h1-26H/i1D,2D,3D,6D,7D,8D,9D,13D,14D,17D,18D,19D,20D. The molecule has 0 N–H and O–H groups in total. The Hall–Kier alpha value is -5.66. The van der Waals surface area contributed by atoms with Crippen LogP contribution in [-0.4, -0.2) is 0 Å². The molecule has 0 saturated carbocycles. The molecule has 0 aliphatic carbocycles. The van der Waals surface area contributed by atoms with E-state index in [0.717, 1.165) is 0 Å². The van der Waals surface area contributed by atoms with Crippen molar-refractivity contribution in [1.29, 1.82) is 0 Å². The van der Waals surface area contributed by atoms with Crippen LogP contribution in [0.4, 0.5) is 0 Å². The summed E-state index contributed by atoms with van der Waals surface area (Å²) in [7, 11) is 0. The van der Waals surface area contributed by atoms with E-state index in [9.17, 15) is 5.48 Å². The van der Waals surface area contributed by atoms with Gasteiger partial charge in [-0.3, -0.25) is 0 Å². The molecular formula is C42H26O. The van der Waals surface area contributed by atoms with Gasteiger partial charge in [-0.05, 0) is 77.8 Å². The highest BCUT2D eigenvalue weighted by Crippen LogP contribution is 2.49. The Balaban J connectivity index is 1.65. The van der Waals surface area contributed by atoms with Gasteiger partial charge in [-0.2, -0.15) is 0 Å². The van der Waals surface area contributed by atoms with Crippen molar-refractivity contribution in [1.82, 2.24) is 0 Å². The van der Waals surface area contributed by atoms with Gasteiger partial charge in [-0.15, -0.1) is 0 Å². The average Bonchev–Trinajstić information content (AvgIpc) is 3.60. The lowest BCUT2D eigenvalue weighted by atomic mass is 9.81. The van der Waals surface area contributed by atoms with E-state index in [-0.39, 0.29) is 49.4 Å². The second-order valence-corrected chi connectivity index (χ2v) is 10.2. The lowest BCUT2D eigenvalue weighted by molar-refractivity contribution is 0.669. The third-order valence-electron chi connectivity index (χ3n) is 8.00. The Labute approximate surface area is 267 Å². The van der Waals surface area contributed by atoms with E-state index in [0.29, 0.717) is 38.3 Å². The van der Waals surface area contributed by atoms with Crippen molar-refractivity contribution in [3.8, 4) is 33.4 Å². The van der Waals surface area contributed by atoms with E-state index < -0.39 is 78.6 Å². The summed E-state index contributed by atoms with van der Waals surface area (Å²) in [4.78, 5) is 0. The van der Waals surface area contributed by atoms with Crippen molar-refractivity contribution in [2.24, 2.45) is 0 Å². The van der Waals surface area contributed by atoms with Gasteiger partial charge in [-0.1, -0.05) is 145 Å². The predicted molar refractivity (Wildman–Crippen MR) is 183 cm³/mol. The van der Waals surface area contributed by atoms with Crippen molar-refractivity contribution in [2.45, 2.75) is 0 Å². The Morgan fingerprint density at radius 2 is 1.00 bits per heavy atom. The van der Waals surface area contributed by atoms with Crippen LogP contribution in [0.25, 0.3) is 87.6 Å². The highest BCUT2D eigenvalue weighted by atomic mass is 16.3. The number of benzene rings is 8. The second kappa shape index (κ2) is 9.44. The smallest absolute Gasteiger partial charge is 0.136 e. The van der Waals surface area contributed by atoms with Crippen LogP contribution in [0.5, 0.6) is 0 Å². The Bertz CT molecular complexity index is 3130. The zero-order valence-electron chi connectivity index (χ0n) is 35.4. The summed E-state index contributed by atoms with van der Waals surface area (Å²) in [6.45, 7) is 0. The van der Waals surface area contributed by atoms with E-state index in [1.165, 1.54) is 0 Å². The highest BCUT2D eigenvalue weighted by molar-refractivity contribution is 6.28. The molecule has 0 spiro atoms. The van der Waals surface area contributed by atoms with Crippen LogP contribution < -0.4 is 0 Å². The maximum atomic E-state index is 9.54. The third-order valence-corrected chi connectivity index (χ3v) is 8.00. The minimum absolute atomic E-state index is 0.000544. The minimum atomic E-state index is -0.601. The summed E-state index contributed by atoms with van der Waals surface area (Å²) in [6, 6.07) is 15.8. The van der Waals surface area contributed by atoms with Crippen molar-refractivity contribution in [2.75, 3.05) is 0 Å². The normalized spacial score (nSPS) is 16.0. The van der Waals surface area contributed by atoms with Crippen molar-refractivity contribution in [3.63, 3.8) is 0 Å². The molecule has 1 heterocycles. The molecule has 0 radical (unpaired) electrons. The molecule has 0 aliphatic heterocycles. The lowest BCUT2D eigenvalue weighted by Crippen LogP contribution is -1.94. The Morgan fingerprint density at radius 1 is 0.395 bits per heavy atom. The maximum absolute atomic E-state index is 9.54. The Morgan fingerprint density at radius 3 is 1.74 bits per heavy atom. The van der Waals surface area contributed by atoms with Crippen LogP contribution in [0.1, 0.15) is 17.8 Å². The SMILES string of the molecule is [2H]c1c([2H])c([2H])c(-c2ccc3ccccc3c2-c2c3c([2H])c([2H])c([2H])c([2H])c3c(-c3cccc4oc5ccccc5c34)c3c([2H])c([2H])c([2H])c([2H])c23)c([2H])c1[2H]. The first-order chi connectivity index (χ1) is 26.8. The van der Waals surface area contributed by atoms with Crippen LogP contribution in [0, 0.1) is 0 Å². The number of para-hydroxylation sites is 1. The van der Waals surface area contributed by atoms with E-state index >= 15 is 0 Å². The van der Waals surface area contributed by atoms with Gasteiger partial charge < -0.3 is 4.42 Å². The first-order valence-corrected chi connectivity index (χ1v) is 13.7. The monoisotopic (exact) mass is 559 g/mol. The molecule has 9 aromatic rings. The van der Waals surface area contributed by atoms with Gasteiger partial charge in [0, 0.05) is 10.8 Å². The van der Waals surface area contributed by atoms with Gasteiger partial charge >= 0.3 is 0 Å².